The topological polar surface area (TPSA) is 30.0 Å². The number of rotatable bonds is 5. The van der Waals surface area contributed by atoms with Gasteiger partial charge in [0.25, 0.3) is 0 Å². The van der Waals surface area contributed by atoms with Gasteiger partial charge in [-0.3, -0.25) is 9.78 Å². The van der Waals surface area contributed by atoms with Crippen molar-refractivity contribution in [1.82, 2.24) is 4.98 Å². The van der Waals surface area contributed by atoms with Gasteiger partial charge in [0.1, 0.15) is 5.78 Å². The van der Waals surface area contributed by atoms with E-state index in [2.05, 4.69) is 11.9 Å². The monoisotopic (exact) mass is 183 g/mol. The van der Waals surface area contributed by atoms with Crippen LogP contribution in [0.2, 0.25) is 0 Å². The summed E-state index contributed by atoms with van der Waals surface area (Å²) >= 11 is 1.55. The molecule has 1 heterocycles. The number of nitrogens with zero attached hydrogens (tertiary/aromatic N) is 1. The Morgan fingerprint density at radius 1 is 1.67 bits per heavy atom. The summed E-state index contributed by atoms with van der Waals surface area (Å²) in [7, 11) is 0. The van der Waals surface area contributed by atoms with Gasteiger partial charge >= 0.3 is 0 Å². The molecule has 0 amide bonds. The second kappa shape index (κ2) is 5.04. The molecule has 0 aliphatic carbocycles. The lowest BCUT2D eigenvalue weighted by Crippen LogP contribution is -2.00. The van der Waals surface area contributed by atoms with E-state index in [1.165, 1.54) is 0 Å². The van der Waals surface area contributed by atoms with Gasteiger partial charge in [0.05, 0.1) is 5.51 Å². The average Bonchev–Trinajstić information content (AvgIpc) is 2.53. The van der Waals surface area contributed by atoms with E-state index in [0.29, 0.717) is 18.6 Å². The Kier molecular flexibility index (Phi) is 3.94. The second-order valence-electron chi connectivity index (χ2n) is 2.79. The van der Waals surface area contributed by atoms with Crippen molar-refractivity contribution in [1.29, 1.82) is 0 Å². The first-order valence-corrected chi connectivity index (χ1v) is 5.10. The molecule has 0 N–H and O–H groups in total. The van der Waals surface area contributed by atoms with E-state index in [9.17, 15) is 4.79 Å². The van der Waals surface area contributed by atoms with Crippen molar-refractivity contribution in [2.24, 2.45) is 0 Å². The number of carbonyl (C=O) groups excluding carboxylic acids is 1. The zero-order valence-electron chi connectivity index (χ0n) is 7.25. The number of unbranched alkanes of at least 4 members (excludes halogenated alkanes) is 1. The highest BCUT2D eigenvalue weighted by atomic mass is 32.1. The maximum absolute atomic E-state index is 11.2. The minimum Gasteiger partial charge on any atom is -0.299 e. The predicted molar refractivity (Wildman–Crippen MR) is 50.4 cm³/mol. The standard InChI is InChI=1S/C9H13NOS/c1-2-3-4-8(11)5-9-6-10-7-12-9/h6-7H,2-5H2,1H3. The molecule has 3 heteroatoms. The Balaban J connectivity index is 2.27. The quantitative estimate of drug-likeness (QED) is 0.701. The van der Waals surface area contributed by atoms with Gasteiger partial charge in [-0.1, -0.05) is 13.3 Å². The highest BCUT2D eigenvalue weighted by Crippen LogP contribution is 2.08. The molecule has 12 heavy (non-hydrogen) atoms. The molecule has 0 aliphatic heterocycles. The van der Waals surface area contributed by atoms with E-state index in [-0.39, 0.29) is 0 Å². The Hall–Kier alpha value is -0.700. The summed E-state index contributed by atoms with van der Waals surface area (Å²) < 4.78 is 0. The van der Waals surface area contributed by atoms with Crippen molar-refractivity contribution in [3.63, 3.8) is 0 Å². The van der Waals surface area contributed by atoms with E-state index in [0.717, 1.165) is 17.7 Å². The summed E-state index contributed by atoms with van der Waals surface area (Å²) in [5, 5.41) is 0. The first kappa shape index (κ1) is 9.39. The van der Waals surface area contributed by atoms with Gasteiger partial charge in [0.2, 0.25) is 0 Å². The number of Topliss-reactive ketones (excluding diaryl/α,β-unsaturated/α-hetero) is 1. The SMILES string of the molecule is CCCCC(=O)Cc1cncs1. The number of hydrogen-bond acceptors (Lipinski definition) is 3. The van der Waals surface area contributed by atoms with Crippen molar-refractivity contribution < 1.29 is 4.79 Å². The van der Waals surface area contributed by atoms with Gasteiger partial charge in [0, 0.05) is 23.9 Å². The van der Waals surface area contributed by atoms with Crippen molar-refractivity contribution >= 4 is 17.1 Å². The second-order valence-corrected chi connectivity index (χ2v) is 3.76. The van der Waals surface area contributed by atoms with Crippen molar-refractivity contribution in [2.45, 2.75) is 32.6 Å². The third kappa shape index (κ3) is 3.13. The third-order valence-corrected chi connectivity index (χ3v) is 2.44. The van der Waals surface area contributed by atoms with E-state index in [1.54, 1.807) is 23.0 Å². The fourth-order valence-corrected chi connectivity index (χ4v) is 1.61. The zero-order valence-corrected chi connectivity index (χ0v) is 8.06. The lowest BCUT2D eigenvalue weighted by molar-refractivity contribution is -0.118. The maximum atomic E-state index is 11.2. The number of hydrogen-bond donors (Lipinski definition) is 0. The smallest absolute Gasteiger partial charge is 0.138 e. The van der Waals surface area contributed by atoms with Gasteiger partial charge < -0.3 is 0 Å². The van der Waals surface area contributed by atoms with E-state index < -0.39 is 0 Å². The van der Waals surface area contributed by atoms with Crippen molar-refractivity contribution in [2.75, 3.05) is 0 Å². The summed E-state index contributed by atoms with van der Waals surface area (Å²) in [6, 6.07) is 0. The average molecular weight is 183 g/mol. The molecule has 0 bridgehead atoms. The van der Waals surface area contributed by atoms with Crippen LogP contribution in [0.4, 0.5) is 0 Å². The Morgan fingerprint density at radius 2 is 2.50 bits per heavy atom. The highest BCUT2D eigenvalue weighted by Gasteiger charge is 2.03. The molecule has 2 nitrogen and oxygen atoms in total. The van der Waals surface area contributed by atoms with Crippen LogP contribution in [0.5, 0.6) is 0 Å². The maximum Gasteiger partial charge on any atom is 0.138 e. The van der Waals surface area contributed by atoms with Gasteiger partial charge in [0.15, 0.2) is 0 Å². The van der Waals surface area contributed by atoms with Crippen LogP contribution in [0.1, 0.15) is 31.1 Å². The van der Waals surface area contributed by atoms with E-state index in [1.807, 2.05) is 0 Å². The van der Waals surface area contributed by atoms with Crippen LogP contribution in [0.15, 0.2) is 11.7 Å². The van der Waals surface area contributed by atoms with Crippen LogP contribution >= 0.6 is 11.3 Å². The molecular formula is C9H13NOS. The molecule has 0 unspecified atom stereocenters. The molecule has 0 aromatic carbocycles. The molecule has 1 aromatic rings. The molecule has 0 spiro atoms. The predicted octanol–water partition coefficient (Wildman–Crippen LogP) is 2.44. The molecule has 1 aromatic heterocycles. The van der Waals surface area contributed by atoms with Crippen LogP contribution in [0.25, 0.3) is 0 Å². The minimum absolute atomic E-state index is 0.334. The molecule has 66 valence electrons. The number of ketones is 1. The number of carbonyl (C=O) groups is 1. The van der Waals surface area contributed by atoms with Crippen LogP contribution in [0, 0.1) is 0 Å². The zero-order chi connectivity index (χ0) is 8.81. The summed E-state index contributed by atoms with van der Waals surface area (Å²) in [5.41, 5.74) is 1.77. The summed E-state index contributed by atoms with van der Waals surface area (Å²) in [6.45, 7) is 2.10. The Labute approximate surface area is 76.6 Å². The fraction of sp³-hybridized carbons (Fsp3) is 0.556. The lowest BCUT2D eigenvalue weighted by Gasteiger charge is -1.95. The minimum atomic E-state index is 0.334. The van der Waals surface area contributed by atoms with Crippen LogP contribution in [-0.2, 0) is 11.2 Å². The van der Waals surface area contributed by atoms with E-state index >= 15 is 0 Å². The third-order valence-electron chi connectivity index (χ3n) is 1.66. The highest BCUT2D eigenvalue weighted by molar-refractivity contribution is 7.09. The van der Waals surface area contributed by atoms with E-state index in [4.69, 9.17) is 0 Å². The molecule has 0 fully saturated rings. The molecular weight excluding hydrogens is 170 g/mol. The molecule has 0 saturated heterocycles. The van der Waals surface area contributed by atoms with Crippen molar-refractivity contribution in [3.05, 3.63) is 16.6 Å². The summed E-state index contributed by atoms with van der Waals surface area (Å²) in [5.74, 6) is 0.334. The van der Waals surface area contributed by atoms with Gasteiger partial charge in [-0.25, -0.2) is 0 Å². The van der Waals surface area contributed by atoms with Gasteiger partial charge in [-0.05, 0) is 6.42 Å². The van der Waals surface area contributed by atoms with Crippen LogP contribution in [-0.4, -0.2) is 10.8 Å². The lowest BCUT2D eigenvalue weighted by atomic mass is 10.1. The molecule has 0 saturated carbocycles. The van der Waals surface area contributed by atoms with Crippen LogP contribution in [0.3, 0.4) is 0 Å². The van der Waals surface area contributed by atoms with Gasteiger partial charge in [-0.15, -0.1) is 11.3 Å². The molecule has 1 rings (SSSR count). The summed E-state index contributed by atoms with van der Waals surface area (Å²) in [4.78, 5) is 16.2. The normalized spacial score (nSPS) is 10.1. The first-order chi connectivity index (χ1) is 5.83. The Bertz CT molecular complexity index is 231. The summed E-state index contributed by atoms with van der Waals surface area (Å²) in [6.07, 6.45) is 5.17. The van der Waals surface area contributed by atoms with Crippen molar-refractivity contribution in [3.8, 4) is 0 Å². The number of aromatic nitrogens is 1. The molecule has 0 radical (unpaired) electrons. The van der Waals surface area contributed by atoms with Gasteiger partial charge in [-0.2, -0.15) is 0 Å². The number of thiazole rings is 1. The molecule has 0 atom stereocenters. The van der Waals surface area contributed by atoms with Crippen LogP contribution < -0.4 is 0 Å². The Morgan fingerprint density at radius 3 is 3.08 bits per heavy atom. The largest absolute Gasteiger partial charge is 0.299 e. The fourth-order valence-electron chi connectivity index (χ4n) is 0.986. The first-order valence-electron chi connectivity index (χ1n) is 4.22. The molecule has 0 aliphatic rings.